The maximum atomic E-state index is 11.8. The fraction of sp³-hybridized carbons (Fsp3) is 0.154. The number of amides is 2. The molecule has 0 bridgehead atoms. The minimum Gasteiger partial charge on any atom is -0.308 e. The third kappa shape index (κ3) is 3.24. The standard InChI is InChI=1S/C13H13ClN2OS/c1-8-6-12(18-9(8)2)16-13(17)15-11-5-3-4-10(14)7-11/h3-7H,1-2H3,(H2,15,16,17). The Balaban J connectivity index is 2.01. The van der Waals surface area contributed by atoms with E-state index in [-0.39, 0.29) is 6.03 Å². The summed E-state index contributed by atoms with van der Waals surface area (Å²) in [5.41, 5.74) is 1.85. The van der Waals surface area contributed by atoms with Gasteiger partial charge in [-0.2, -0.15) is 0 Å². The summed E-state index contributed by atoms with van der Waals surface area (Å²) in [5.74, 6) is 0. The molecule has 0 saturated heterocycles. The normalized spacial score (nSPS) is 10.2. The average molecular weight is 281 g/mol. The van der Waals surface area contributed by atoms with E-state index in [0.29, 0.717) is 10.7 Å². The van der Waals surface area contributed by atoms with Crippen molar-refractivity contribution in [3.63, 3.8) is 0 Å². The minimum absolute atomic E-state index is 0.265. The number of hydrogen-bond donors (Lipinski definition) is 2. The molecule has 0 aliphatic carbocycles. The van der Waals surface area contributed by atoms with Crippen LogP contribution in [0.3, 0.4) is 0 Å². The van der Waals surface area contributed by atoms with E-state index in [4.69, 9.17) is 11.6 Å². The summed E-state index contributed by atoms with van der Waals surface area (Å²) in [6.07, 6.45) is 0. The molecule has 94 valence electrons. The largest absolute Gasteiger partial charge is 0.324 e. The van der Waals surface area contributed by atoms with E-state index in [1.807, 2.05) is 19.9 Å². The molecule has 18 heavy (non-hydrogen) atoms. The smallest absolute Gasteiger partial charge is 0.308 e. The number of benzene rings is 1. The van der Waals surface area contributed by atoms with Crippen LogP contribution in [0.4, 0.5) is 15.5 Å². The van der Waals surface area contributed by atoms with Gasteiger partial charge in [-0.05, 0) is 43.7 Å². The highest BCUT2D eigenvalue weighted by molar-refractivity contribution is 7.16. The second-order valence-electron chi connectivity index (χ2n) is 3.94. The van der Waals surface area contributed by atoms with Gasteiger partial charge in [-0.1, -0.05) is 17.7 Å². The van der Waals surface area contributed by atoms with Crippen LogP contribution in [0.25, 0.3) is 0 Å². The van der Waals surface area contributed by atoms with Crippen LogP contribution in [0.15, 0.2) is 30.3 Å². The van der Waals surface area contributed by atoms with E-state index >= 15 is 0 Å². The zero-order valence-corrected chi connectivity index (χ0v) is 11.7. The van der Waals surface area contributed by atoms with Crippen LogP contribution in [-0.4, -0.2) is 6.03 Å². The molecule has 0 aliphatic heterocycles. The Kier molecular flexibility index (Phi) is 3.89. The third-order valence-corrected chi connectivity index (χ3v) is 3.79. The second kappa shape index (κ2) is 5.42. The van der Waals surface area contributed by atoms with Crippen molar-refractivity contribution in [2.45, 2.75) is 13.8 Å². The molecule has 1 heterocycles. The molecule has 2 aromatic rings. The van der Waals surface area contributed by atoms with Crippen LogP contribution >= 0.6 is 22.9 Å². The molecule has 3 nitrogen and oxygen atoms in total. The maximum absolute atomic E-state index is 11.8. The number of thiophene rings is 1. The number of anilines is 2. The van der Waals surface area contributed by atoms with E-state index in [1.54, 1.807) is 35.6 Å². The molecule has 0 spiro atoms. The van der Waals surface area contributed by atoms with Crippen LogP contribution in [0.2, 0.25) is 5.02 Å². The van der Waals surface area contributed by atoms with Gasteiger partial charge in [-0.15, -0.1) is 11.3 Å². The molecule has 0 saturated carbocycles. The zero-order chi connectivity index (χ0) is 13.1. The van der Waals surface area contributed by atoms with Crippen LogP contribution < -0.4 is 10.6 Å². The SMILES string of the molecule is Cc1cc(NC(=O)Nc2cccc(Cl)c2)sc1C. The van der Waals surface area contributed by atoms with E-state index in [2.05, 4.69) is 10.6 Å². The van der Waals surface area contributed by atoms with Gasteiger partial charge >= 0.3 is 6.03 Å². The van der Waals surface area contributed by atoms with Gasteiger partial charge in [0.05, 0.1) is 5.00 Å². The van der Waals surface area contributed by atoms with Gasteiger partial charge in [0.15, 0.2) is 0 Å². The van der Waals surface area contributed by atoms with E-state index in [1.165, 1.54) is 10.4 Å². The van der Waals surface area contributed by atoms with Crippen molar-refractivity contribution in [1.29, 1.82) is 0 Å². The summed E-state index contributed by atoms with van der Waals surface area (Å²) in [4.78, 5) is 13.0. The Labute approximate surface area is 115 Å². The number of rotatable bonds is 2. The summed E-state index contributed by atoms with van der Waals surface area (Å²) in [6, 6.07) is 8.73. The van der Waals surface area contributed by atoms with Gasteiger partial charge in [0.25, 0.3) is 0 Å². The first-order chi connectivity index (χ1) is 8.54. The number of aryl methyl sites for hydroxylation is 2. The Hall–Kier alpha value is -1.52. The first kappa shape index (κ1) is 12.9. The highest BCUT2D eigenvalue weighted by Gasteiger charge is 2.06. The lowest BCUT2D eigenvalue weighted by molar-refractivity contribution is 0.262. The molecule has 5 heteroatoms. The van der Waals surface area contributed by atoms with Gasteiger partial charge in [-0.25, -0.2) is 4.79 Å². The van der Waals surface area contributed by atoms with Gasteiger partial charge in [0.2, 0.25) is 0 Å². The second-order valence-corrected chi connectivity index (χ2v) is 5.63. The first-order valence-corrected chi connectivity index (χ1v) is 6.64. The fourth-order valence-electron chi connectivity index (χ4n) is 1.48. The number of halogens is 1. The van der Waals surface area contributed by atoms with E-state index < -0.39 is 0 Å². The zero-order valence-electron chi connectivity index (χ0n) is 10.1. The summed E-state index contributed by atoms with van der Waals surface area (Å²) >= 11 is 7.40. The van der Waals surface area contributed by atoms with Crippen molar-refractivity contribution in [3.8, 4) is 0 Å². The van der Waals surface area contributed by atoms with Crippen molar-refractivity contribution >= 4 is 39.7 Å². The summed E-state index contributed by atoms with van der Waals surface area (Å²) < 4.78 is 0. The quantitative estimate of drug-likeness (QED) is 0.825. The van der Waals surface area contributed by atoms with Crippen molar-refractivity contribution in [1.82, 2.24) is 0 Å². The lowest BCUT2D eigenvalue weighted by Crippen LogP contribution is -2.18. The molecule has 0 atom stereocenters. The Morgan fingerprint density at radius 1 is 1.22 bits per heavy atom. The van der Waals surface area contributed by atoms with Gasteiger partial charge in [0.1, 0.15) is 0 Å². The topological polar surface area (TPSA) is 41.1 Å². The average Bonchev–Trinajstić information content (AvgIpc) is 2.57. The van der Waals surface area contributed by atoms with Crippen LogP contribution in [0, 0.1) is 13.8 Å². The number of nitrogens with one attached hydrogen (secondary N) is 2. The molecular weight excluding hydrogens is 268 g/mol. The van der Waals surface area contributed by atoms with Gasteiger partial charge in [-0.3, -0.25) is 5.32 Å². The summed E-state index contributed by atoms with van der Waals surface area (Å²) in [5, 5.41) is 6.96. The molecule has 0 unspecified atom stereocenters. The predicted molar refractivity (Wildman–Crippen MR) is 77.9 cm³/mol. The molecule has 2 rings (SSSR count). The molecule has 0 fully saturated rings. The fourth-order valence-corrected chi connectivity index (χ4v) is 2.59. The minimum atomic E-state index is -0.265. The first-order valence-electron chi connectivity index (χ1n) is 5.45. The molecule has 2 amide bonds. The van der Waals surface area contributed by atoms with Gasteiger partial charge in [0, 0.05) is 15.6 Å². The van der Waals surface area contributed by atoms with Crippen molar-refractivity contribution in [2.75, 3.05) is 10.6 Å². The summed E-state index contributed by atoms with van der Waals surface area (Å²) in [6.45, 7) is 4.05. The van der Waals surface area contributed by atoms with E-state index in [0.717, 1.165) is 5.00 Å². The highest BCUT2D eigenvalue weighted by Crippen LogP contribution is 2.25. The molecule has 0 radical (unpaired) electrons. The third-order valence-electron chi connectivity index (χ3n) is 2.49. The van der Waals surface area contributed by atoms with Crippen molar-refractivity contribution in [3.05, 3.63) is 45.8 Å². The maximum Gasteiger partial charge on any atom is 0.324 e. The molecular formula is C13H13ClN2OS. The lowest BCUT2D eigenvalue weighted by atomic mass is 10.3. The van der Waals surface area contributed by atoms with E-state index in [9.17, 15) is 4.79 Å². The van der Waals surface area contributed by atoms with Crippen LogP contribution in [-0.2, 0) is 0 Å². The van der Waals surface area contributed by atoms with Crippen molar-refractivity contribution in [2.24, 2.45) is 0 Å². The Morgan fingerprint density at radius 3 is 2.61 bits per heavy atom. The Morgan fingerprint density at radius 2 is 2.00 bits per heavy atom. The van der Waals surface area contributed by atoms with Crippen LogP contribution in [0.5, 0.6) is 0 Å². The molecule has 2 N–H and O–H groups in total. The number of urea groups is 1. The number of carbonyl (C=O) groups excluding carboxylic acids is 1. The van der Waals surface area contributed by atoms with Gasteiger partial charge < -0.3 is 5.32 Å². The number of carbonyl (C=O) groups is 1. The lowest BCUT2D eigenvalue weighted by Gasteiger charge is -2.05. The predicted octanol–water partition coefficient (Wildman–Crippen LogP) is 4.66. The molecule has 1 aromatic carbocycles. The highest BCUT2D eigenvalue weighted by atomic mass is 35.5. The van der Waals surface area contributed by atoms with Crippen LogP contribution in [0.1, 0.15) is 10.4 Å². The monoisotopic (exact) mass is 280 g/mol. The number of hydrogen-bond acceptors (Lipinski definition) is 2. The summed E-state index contributed by atoms with van der Waals surface area (Å²) in [7, 11) is 0. The van der Waals surface area contributed by atoms with Crippen molar-refractivity contribution < 1.29 is 4.79 Å². The molecule has 1 aromatic heterocycles. The molecule has 0 aliphatic rings. The Bertz CT molecular complexity index is 561.